The monoisotopic (exact) mass is 254 g/mol. The minimum atomic E-state index is 0.730. The van der Waals surface area contributed by atoms with Crippen LogP contribution >= 0.6 is 0 Å². The number of benzene rings is 1. The number of hydrogen-bond donors (Lipinski definition) is 1. The summed E-state index contributed by atoms with van der Waals surface area (Å²) in [6, 6.07) is 10.4. The van der Waals surface area contributed by atoms with E-state index in [0.717, 1.165) is 25.3 Å². The first kappa shape index (κ1) is 12.0. The Bertz CT molecular complexity index is 521. The second-order valence-corrected chi connectivity index (χ2v) is 4.77. The number of nitrogens with zero attached hydrogens (tertiary/aromatic N) is 3. The third kappa shape index (κ3) is 2.84. The molecule has 0 radical (unpaired) electrons. The summed E-state index contributed by atoms with van der Waals surface area (Å²) in [5.41, 5.74) is 3.49. The number of nitrogens with one attached hydrogen (secondary N) is 1. The summed E-state index contributed by atoms with van der Waals surface area (Å²) < 4.78 is 0. The van der Waals surface area contributed by atoms with Crippen molar-refractivity contribution in [3.63, 3.8) is 0 Å². The smallest absolute Gasteiger partial charge is 0.115 e. The number of hydrogen-bond acceptors (Lipinski definition) is 4. The van der Waals surface area contributed by atoms with Gasteiger partial charge in [-0.05, 0) is 31.0 Å². The Kier molecular flexibility index (Phi) is 3.58. The lowest BCUT2D eigenvalue weighted by Gasteiger charge is -2.21. The molecule has 4 heteroatoms. The van der Waals surface area contributed by atoms with Crippen LogP contribution in [0.3, 0.4) is 0 Å². The van der Waals surface area contributed by atoms with Crippen LogP contribution in [0, 0.1) is 0 Å². The molecule has 1 aliphatic heterocycles. The topological polar surface area (TPSA) is 41.0 Å². The number of para-hydroxylation sites is 2. The molecule has 2 aromatic rings. The molecule has 0 saturated carbocycles. The Morgan fingerprint density at radius 1 is 1.11 bits per heavy atom. The fraction of sp³-hybridized carbons (Fsp3) is 0.333. The van der Waals surface area contributed by atoms with Crippen molar-refractivity contribution < 1.29 is 0 Å². The predicted octanol–water partition coefficient (Wildman–Crippen LogP) is 2.69. The molecule has 0 spiro atoms. The van der Waals surface area contributed by atoms with E-state index in [1.807, 2.05) is 6.07 Å². The van der Waals surface area contributed by atoms with Crippen molar-refractivity contribution in [1.82, 2.24) is 9.97 Å². The summed E-state index contributed by atoms with van der Waals surface area (Å²) >= 11 is 0. The average Bonchev–Trinajstić information content (AvgIpc) is 3.01. The number of aromatic nitrogens is 2. The van der Waals surface area contributed by atoms with E-state index in [1.54, 1.807) is 12.5 Å². The second-order valence-electron chi connectivity index (χ2n) is 4.77. The molecule has 1 fully saturated rings. The SMILES string of the molecule is c1ccc(N2CCCC2)c(NCc2ccncn2)c1. The predicted molar refractivity (Wildman–Crippen MR) is 77.2 cm³/mol. The maximum absolute atomic E-state index is 4.23. The van der Waals surface area contributed by atoms with Gasteiger partial charge in [0.1, 0.15) is 6.33 Å². The molecule has 4 nitrogen and oxygen atoms in total. The fourth-order valence-corrected chi connectivity index (χ4v) is 2.47. The molecule has 0 bridgehead atoms. The maximum Gasteiger partial charge on any atom is 0.115 e. The Morgan fingerprint density at radius 3 is 2.74 bits per heavy atom. The van der Waals surface area contributed by atoms with Crippen LogP contribution in [0.2, 0.25) is 0 Å². The van der Waals surface area contributed by atoms with Crippen LogP contribution in [0.1, 0.15) is 18.5 Å². The summed E-state index contributed by atoms with van der Waals surface area (Å²) in [5, 5.41) is 3.47. The van der Waals surface area contributed by atoms with Gasteiger partial charge in [-0.15, -0.1) is 0 Å². The van der Waals surface area contributed by atoms with Crippen LogP contribution in [0.4, 0.5) is 11.4 Å². The molecule has 1 N–H and O–H groups in total. The summed E-state index contributed by atoms with van der Waals surface area (Å²) in [4.78, 5) is 10.6. The van der Waals surface area contributed by atoms with Crippen LogP contribution in [0.25, 0.3) is 0 Å². The maximum atomic E-state index is 4.23. The molecule has 1 saturated heterocycles. The Labute approximate surface area is 113 Å². The van der Waals surface area contributed by atoms with Gasteiger partial charge in [0.25, 0.3) is 0 Å². The van der Waals surface area contributed by atoms with Gasteiger partial charge in [0.2, 0.25) is 0 Å². The van der Waals surface area contributed by atoms with Crippen molar-refractivity contribution in [2.24, 2.45) is 0 Å². The van der Waals surface area contributed by atoms with Crippen molar-refractivity contribution >= 4 is 11.4 Å². The highest BCUT2D eigenvalue weighted by molar-refractivity contribution is 5.70. The largest absolute Gasteiger partial charge is 0.378 e. The van der Waals surface area contributed by atoms with E-state index in [-0.39, 0.29) is 0 Å². The Morgan fingerprint density at radius 2 is 1.95 bits per heavy atom. The molecule has 19 heavy (non-hydrogen) atoms. The molecule has 1 aromatic heterocycles. The Hall–Kier alpha value is -2.10. The molecular weight excluding hydrogens is 236 g/mol. The highest BCUT2D eigenvalue weighted by Gasteiger charge is 2.14. The molecule has 0 atom stereocenters. The molecule has 3 rings (SSSR count). The molecule has 98 valence electrons. The van der Waals surface area contributed by atoms with E-state index >= 15 is 0 Å². The highest BCUT2D eigenvalue weighted by atomic mass is 15.2. The zero-order valence-electron chi connectivity index (χ0n) is 10.9. The summed E-state index contributed by atoms with van der Waals surface area (Å²) in [5.74, 6) is 0. The normalized spacial score (nSPS) is 14.6. The second kappa shape index (κ2) is 5.69. The zero-order valence-corrected chi connectivity index (χ0v) is 10.9. The first-order valence-corrected chi connectivity index (χ1v) is 6.76. The van der Waals surface area contributed by atoms with Crippen LogP contribution in [-0.2, 0) is 6.54 Å². The van der Waals surface area contributed by atoms with Gasteiger partial charge in [0, 0.05) is 19.3 Å². The van der Waals surface area contributed by atoms with E-state index in [4.69, 9.17) is 0 Å². The van der Waals surface area contributed by atoms with Crippen LogP contribution < -0.4 is 10.2 Å². The van der Waals surface area contributed by atoms with Gasteiger partial charge in [-0.2, -0.15) is 0 Å². The minimum absolute atomic E-state index is 0.730. The van der Waals surface area contributed by atoms with Crippen LogP contribution in [-0.4, -0.2) is 23.1 Å². The summed E-state index contributed by atoms with van der Waals surface area (Å²) in [6.07, 6.45) is 5.94. The third-order valence-corrected chi connectivity index (χ3v) is 3.45. The lowest BCUT2D eigenvalue weighted by molar-refractivity contribution is 0.949. The summed E-state index contributed by atoms with van der Waals surface area (Å²) in [6.45, 7) is 3.05. The van der Waals surface area contributed by atoms with E-state index in [9.17, 15) is 0 Å². The van der Waals surface area contributed by atoms with Crippen molar-refractivity contribution in [2.75, 3.05) is 23.3 Å². The van der Waals surface area contributed by atoms with E-state index < -0.39 is 0 Å². The van der Waals surface area contributed by atoms with E-state index in [0.29, 0.717) is 0 Å². The third-order valence-electron chi connectivity index (χ3n) is 3.45. The average molecular weight is 254 g/mol. The lowest BCUT2D eigenvalue weighted by Crippen LogP contribution is -2.19. The van der Waals surface area contributed by atoms with Gasteiger partial charge in [-0.1, -0.05) is 12.1 Å². The highest BCUT2D eigenvalue weighted by Crippen LogP contribution is 2.28. The number of anilines is 2. The molecule has 1 aromatic carbocycles. The fourth-order valence-electron chi connectivity index (χ4n) is 2.47. The standard InChI is InChI=1S/C15H18N4/c1-2-6-15(19-9-3-4-10-19)14(5-1)17-11-13-7-8-16-12-18-13/h1-2,5-8,12,17H,3-4,9-11H2. The van der Waals surface area contributed by atoms with Crippen molar-refractivity contribution in [3.8, 4) is 0 Å². The van der Waals surface area contributed by atoms with E-state index in [1.165, 1.54) is 24.2 Å². The van der Waals surface area contributed by atoms with Crippen molar-refractivity contribution in [1.29, 1.82) is 0 Å². The van der Waals surface area contributed by atoms with Gasteiger partial charge >= 0.3 is 0 Å². The van der Waals surface area contributed by atoms with Crippen molar-refractivity contribution in [3.05, 3.63) is 48.5 Å². The molecular formula is C15H18N4. The minimum Gasteiger partial charge on any atom is -0.378 e. The van der Waals surface area contributed by atoms with Gasteiger partial charge in [0.15, 0.2) is 0 Å². The zero-order chi connectivity index (χ0) is 12.9. The molecule has 2 heterocycles. The molecule has 0 unspecified atom stereocenters. The van der Waals surface area contributed by atoms with Gasteiger partial charge in [0.05, 0.1) is 23.6 Å². The molecule has 1 aliphatic rings. The van der Waals surface area contributed by atoms with Gasteiger partial charge in [-0.3, -0.25) is 0 Å². The molecule has 0 amide bonds. The van der Waals surface area contributed by atoms with Crippen LogP contribution in [0.5, 0.6) is 0 Å². The van der Waals surface area contributed by atoms with Crippen LogP contribution in [0.15, 0.2) is 42.9 Å². The number of rotatable bonds is 4. The van der Waals surface area contributed by atoms with Gasteiger partial charge in [-0.25, -0.2) is 9.97 Å². The van der Waals surface area contributed by atoms with E-state index in [2.05, 4.69) is 44.5 Å². The van der Waals surface area contributed by atoms with Gasteiger partial charge < -0.3 is 10.2 Å². The Balaban J connectivity index is 1.73. The quantitative estimate of drug-likeness (QED) is 0.910. The lowest BCUT2D eigenvalue weighted by atomic mass is 10.2. The first-order valence-electron chi connectivity index (χ1n) is 6.76. The summed E-state index contributed by atoms with van der Waals surface area (Å²) in [7, 11) is 0. The molecule has 0 aliphatic carbocycles. The first-order chi connectivity index (χ1) is 9.43. The van der Waals surface area contributed by atoms with Crippen molar-refractivity contribution in [2.45, 2.75) is 19.4 Å².